The number of carbonyl (C=O) groups excluding carboxylic acids is 2. The van der Waals surface area contributed by atoms with Crippen molar-refractivity contribution in [3.05, 3.63) is 12.0 Å². The molecule has 2 heterocycles. The van der Waals surface area contributed by atoms with Crippen LogP contribution in [-0.4, -0.2) is 71.8 Å². The zero-order valence-electron chi connectivity index (χ0n) is 11.9. The molecule has 0 spiro atoms. The van der Waals surface area contributed by atoms with E-state index in [-0.39, 0.29) is 12.2 Å². The number of primary amides is 1. The Morgan fingerprint density at radius 2 is 2.12 bits per heavy atom. The van der Waals surface area contributed by atoms with E-state index in [1.165, 1.54) is 0 Å². The molecule has 1 saturated heterocycles. The number of nitrogens with two attached hydrogens (primary N) is 1. The van der Waals surface area contributed by atoms with E-state index in [1.54, 1.807) is 0 Å². The van der Waals surface area contributed by atoms with Crippen LogP contribution in [0.1, 0.15) is 5.82 Å². The second kappa shape index (κ2) is 5.89. The van der Waals surface area contributed by atoms with Crippen LogP contribution in [0.2, 0.25) is 0 Å². The number of amides is 2. The van der Waals surface area contributed by atoms with E-state index in [0.717, 1.165) is 6.20 Å². The molecule has 0 bridgehead atoms. The van der Waals surface area contributed by atoms with Crippen LogP contribution in [0.4, 0.5) is 5.82 Å². The molecule has 1 fully saturated rings. The van der Waals surface area contributed by atoms with Gasteiger partial charge in [0.25, 0.3) is 11.2 Å². The minimum atomic E-state index is -5.46. The summed E-state index contributed by atoms with van der Waals surface area (Å²) < 4.78 is 17.0. The van der Waals surface area contributed by atoms with Crippen molar-refractivity contribution in [2.24, 2.45) is 5.73 Å². The Morgan fingerprint density at radius 1 is 1.50 bits per heavy atom. The minimum absolute atomic E-state index is 0.112. The van der Waals surface area contributed by atoms with Gasteiger partial charge < -0.3 is 45.9 Å². The van der Waals surface area contributed by atoms with Crippen LogP contribution in [0.25, 0.3) is 0 Å². The van der Waals surface area contributed by atoms with Crippen molar-refractivity contribution >= 4 is 25.7 Å². The van der Waals surface area contributed by atoms with E-state index in [4.69, 9.17) is 10.5 Å². The van der Waals surface area contributed by atoms with Gasteiger partial charge in [-0.25, -0.2) is 4.98 Å². The van der Waals surface area contributed by atoms with Crippen molar-refractivity contribution in [1.29, 1.82) is 0 Å². The largest absolute Gasteiger partial charge is 0.393 e. The van der Waals surface area contributed by atoms with Gasteiger partial charge in [0.2, 0.25) is 6.41 Å². The van der Waals surface area contributed by atoms with Crippen LogP contribution in [0.15, 0.2) is 6.20 Å². The van der Waals surface area contributed by atoms with Crippen molar-refractivity contribution in [1.82, 2.24) is 9.97 Å². The lowest BCUT2D eigenvalue weighted by atomic mass is 9.94. The zero-order valence-corrected chi connectivity index (χ0v) is 12.8. The van der Waals surface area contributed by atoms with Crippen molar-refractivity contribution in [2.75, 3.05) is 11.9 Å². The maximum absolute atomic E-state index is 12.0. The molecular formula is C10H15N4O9P. The Bertz CT molecular complexity index is 704. The molecule has 1 aromatic rings. The van der Waals surface area contributed by atoms with Crippen molar-refractivity contribution in [3.63, 3.8) is 0 Å². The molecule has 1 unspecified atom stereocenters. The topological polar surface area (TPSA) is 228 Å². The first-order valence-corrected chi connectivity index (χ1v) is 7.96. The fourth-order valence-electron chi connectivity index (χ4n) is 2.47. The summed E-state index contributed by atoms with van der Waals surface area (Å²) in [4.78, 5) is 47.3. The molecule has 0 radical (unpaired) electrons. The monoisotopic (exact) mass is 366 g/mol. The van der Waals surface area contributed by atoms with E-state index in [9.17, 15) is 39.3 Å². The van der Waals surface area contributed by atoms with Crippen molar-refractivity contribution in [3.8, 4) is 0 Å². The number of ether oxygens (including phenoxy) is 1. The van der Waals surface area contributed by atoms with Gasteiger partial charge >= 0.3 is 7.60 Å². The number of carbonyl (C=O) groups is 2. The maximum atomic E-state index is 12.0. The summed E-state index contributed by atoms with van der Waals surface area (Å²) >= 11 is 0. The number of aromatic amines is 1. The third-order valence-electron chi connectivity index (χ3n) is 3.73. The Labute approximate surface area is 133 Å². The van der Waals surface area contributed by atoms with Gasteiger partial charge in [0.1, 0.15) is 18.0 Å². The van der Waals surface area contributed by atoms with E-state index >= 15 is 0 Å². The highest BCUT2D eigenvalue weighted by atomic mass is 31.2. The quantitative estimate of drug-likeness (QED) is 0.181. The number of aliphatic hydroxyl groups excluding tert-OH is 3. The number of nitrogens with zero attached hydrogens (tertiary/aromatic N) is 1. The van der Waals surface area contributed by atoms with Crippen molar-refractivity contribution < 1.29 is 44.0 Å². The Hall–Kier alpha value is -1.86. The molecule has 9 N–H and O–H groups in total. The van der Waals surface area contributed by atoms with Gasteiger partial charge in [-0.15, -0.1) is 0 Å². The highest BCUT2D eigenvalue weighted by Gasteiger charge is 2.73. The van der Waals surface area contributed by atoms with Crippen LogP contribution >= 0.6 is 7.60 Å². The number of hydrogen-bond donors (Lipinski definition) is 8. The molecule has 0 saturated carbocycles. The minimum Gasteiger partial charge on any atom is -0.393 e. The molecular weight excluding hydrogens is 351 g/mol. The predicted molar refractivity (Wildman–Crippen MR) is 74.1 cm³/mol. The number of H-pyrrole nitrogens is 1. The Balaban J connectivity index is 2.67. The lowest BCUT2D eigenvalue weighted by molar-refractivity contribution is -0.164. The summed E-state index contributed by atoms with van der Waals surface area (Å²) in [6.07, 6.45) is -3.45. The number of hydrogen-bond acceptors (Lipinski definition) is 8. The standard InChI is InChI=1S/C10H15N4O9P/c11-7(19)9(2-15)5(17)6(18)10(23-9,24(20,21)22)8-12-1-4(14-8)13-3-16/h1,3,5-6,15,17-18H,2H2,(H2,11,19)(H,12,14)(H,13,16)(H2,20,21,22)/t5-,6+,9+,10?/m0/s1. The third-order valence-corrected chi connectivity index (χ3v) is 5.16. The first kappa shape index (κ1) is 18.5. The third kappa shape index (κ3) is 2.34. The Morgan fingerprint density at radius 3 is 2.54 bits per heavy atom. The van der Waals surface area contributed by atoms with E-state index in [1.807, 2.05) is 0 Å². The zero-order chi connectivity index (χ0) is 18.3. The highest BCUT2D eigenvalue weighted by Crippen LogP contribution is 2.64. The smallest absolute Gasteiger partial charge is 0.367 e. The molecule has 13 nitrogen and oxygen atoms in total. The molecule has 134 valence electrons. The molecule has 0 aromatic carbocycles. The van der Waals surface area contributed by atoms with Gasteiger partial charge in [0.15, 0.2) is 11.4 Å². The fourth-order valence-corrected chi connectivity index (χ4v) is 3.62. The SMILES string of the molecule is NC(=O)[C@]1(CO)OC(c2ncc(NC=O)[nH]2)(P(=O)(O)O)[C@H](O)[C@@H]1O. The summed E-state index contributed by atoms with van der Waals surface area (Å²) in [5.41, 5.74) is 2.38. The number of aliphatic hydroxyl groups is 3. The van der Waals surface area contributed by atoms with Gasteiger partial charge in [-0.2, -0.15) is 0 Å². The average Bonchev–Trinajstić information content (AvgIpc) is 3.03. The molecule has 14 heteroatoms. The van der Waals surface area contributed by atoms with Gasteiger partial charge in [0, 0.05) is 0 Å². The normalized spacial score (nSPS) is 33.4. The molecule has 2 rings (SSSR count). The van der Waals surface area contributed by atoms with Crippen LogP contribution in [0.5, 0.6) is 0 Å². The fraction of sp³-hybridized carbons (Fsp3) is 0.500. The number of imidazole rings is 1. The van der Waals surface area contributed by atoms with Crippen LogP contribution in [0, 0.1) is 0 Å². The summed E-state index contributed by atoms with van der Waals surface area (Å²) in [6.45, 7) is -1.26. The molecule has 1 aliphatic rings. The molecule has 24 heavy (non-hydrogen) atoms. The van der Waals surface area contributed by atoms with E-state index in [2.05, 4.69) is 15.3 Å². The van der Waals surface area contributed by atoms with Crippen LogP contribution in [-0.2, 0) is 24.2 Å². The first-order valence-electron chi connectivity index (χ1n) is 6.35. The molecule has 1 aromatic heterocycles. The number of rotatable bonds is 6. The number of nitrogens with one attached hydrogen (secondary N) is 2. The number of anilines is 1. The van der Waals surface area contributed by atoms with E-state index < -0.39 is 49.1 Å². The first-order chi connectivity index (χ1) is 11.1. The van der Waals surface area contributed by atoms with Gasteiger partial charge in [-0.05, 0) is 0 Å². The lowest BCUT2D eigenvalue weighted by Crippen LogP contribution is -2.56. The van der Waals surface area contributed by atoms with Crippen molar-refractivity contribution in [2.45, 2.75) is 23.2 Å². The van der Waals surface area contributed by atoms with Gasteiger partial charge in [0.05, 0.1) is 12.8 Å². The van der Waals surface area contributed by atoms with E-state index in [0.29, 0.717) is 0 Å². The second-order valence-corrected chi connectivity index (χ2v) is 6.80. The second-order valence-electron chi connectivity index (χ2n) is 5.05. The average molecular weight is 366 g/mol. The highest BCUT2D eigenvalue weighted by molar-refractivity contribution is 7.53. The Kier molecular flexibility index (Phi) is 4.54. The predicted octanol–water partition coefficient (Wildman–Crippen LogP) is -3.72. The molecule has 4 atom stereocenters. The summed E-state index contributed by atoms with van der Waals surface area (Å²) in [5.74, 6) is -2.26. The van der Waals surface area contributed by atoms with Gasteiger partial charge in [-0.1, -0.05) is 0 Å². The van der Waals surface area contributed by atoms with Gasteiger partial charge in [-0.3, -0.25) is 14.2 Å². The number of aromatic nitrogens is 2. The molecule has 2 amide bonds. The lowest BCUT2D eigenvalue weighted by Gasteiger charge is -2.31. The molecule has 0 aliphatic carbocycles. The van der Waals surface area contributed by atoms with Crippen LogP contribution in [0.3, 0.4) is 0 Å². The molecule has 1 aliphatic heterocycles. The van der Waals surface area contributed by atoms with Crippen LogP contribution < -0.4 is 11.1 Å². The summed E-state index contributed by atoms with van der Waals surface area (Å²) in [6, 6.07) is 0. The summed E-state index contributed by atoms with van der Waals surface area (Å²) in [5, 5.41) is 28.7. The summed E-state index contributed by atoms with van der Waals surface area (Å²) in [7, 11) is -5.46. The maximum Gasteiger partial charge on any atom is 0.367 e.